The van der Waals surface area contributed by atoms with Crippen LogP contribution in [0.4, 0.5) is 0 Å². The third-order valence-electron chi connectivity index (χ3n) is 5.97. The summed E-state index contributed by atoms with van der Waals surface area (Å²) in [5.74, 6) is 4.97. The number of rotatable bonds is 7. The maximum absolute atomic E-state index is 5.50. The largest absolute Gasteiger partial charge is 0.497 e. The van der Waals surface area contributed by atoms with Crippen LogP contribution >= 0.6 is 35.7 Å². The molecular formula is C21H35IN4O2S. The van der Waals surface area contributed by atoms with Crippen molar-refractivity contribution in [3.05, 3.63) is 23.8 Å². The highest BCUT2D eigenvalue weighted by atomic mass is 127. The third-order valence-corrected chi connectivity index (χ3v) is 6.91. The lowest BCUT2D eigenvalue weighted by Crippen LogP contribution is -2.57. The summed E-state index contributed by atoms with van der Waals surface area (Å²) in [5, 5.41) is 7.04. The molecule has 164 valence electrons. The molecule has 0 atom stereocenters. The standard InChI is InChI=1S/C21H34N4O2S.HI/c1-22-20(23-15-17-6-7-18(26-2)14-19(17)27-3)24-16-21(8-4-5-9-21)25-10-12-28-13-11-25;/h6-7,14H,4-5,8-13,15-16H2,1-3H3,(H2,22,23,24);1H. The van der Waals surface area contributed by atoms with Gasteiger partial charge in [-0.2, -0.15) is 11.8 Å². The summed E-state index contributed by atoms with van der Waals surface area (Å²) in [6.45, 7) is 4.03. The Hall–Kier alpha value is -0.870. The maximum Gasteiger partial charge on any atom is 0.191 e. The van der Waals surface area contributed by atoms with E-state index >= 15 is 0 Å². The Balaban J connectivity index is 0.00000300. The van der Waals surface area contributed by atoms with Gasteiger partial charge >= 0.3 is 0 Å². The second-order valence-corrected chi connectivity index (χ2v) is 8.71. The minimum Gasteiger partial charge on any atom is -0.497 e. The van der Waals surface area contributed by atoms with Crippen LogP contribution in [0.3, 0.4) is 0 Å². The second kappa shape index (κ2) is 12.1. The van der Waals surface area contributed by atoms with Crippen LogP contribution in [0.5, 0.6) is 11.5 Å². The highest BCUT2D eigenvalue weighted by molar-refractivity contribution is 14.0. The lowest BCUT2D eigenvalue weighted by atomic mass is 9.94. The number of hydrogen-bond acceptors (Lipinski definition) is 5. The van der Waals surface area contributed by atoms with Crippen LogP contribution in [0.1, 0.15) is 31.2 Å². The van der Waals surface area contributed by atoms with E-state index in [1.54, 1.807) is 14.2 Å². The van der Waals surface area contributed by atoms with Gasteiger partial charge in [0, 0.05) is 61.9 Å². The van der Waals surface area contributed by atoms with Gasteiger partial charge in [0.25, 0.3) is 0 Å². The van der Waals surface area contributed by atoms with E-state index in [1.165, 1.54) is 50.3 Å². The van der Waals surface area contributed by atoms with Crippen molar-refractivity contribution in [2.24, 2.45) is 4.99 Å². The van der Waals surface area contributed by atoms with Crippen molar-refractivity contribution in [1.29, 1.82) is 0 Å². The molecule has 1 aromatic rings. The second-order valence-electron chi connectivity index (χ2n) is 7.49. The summed E-state index contributed by atoms with van der Waals surface area (Å²) in [6, 6.07) is 5.90. The molecule has 0 bridgehead atoms. The molecule has 1 saturated heterocycles. The molecule has 8 heteroatoms. The Morgan fingerprint density at radius 2 is 1.86 bits per heavy atom. The summed E-state index contributed by atoms with van der Waals surface area (Å²) >= 11 is 2.08. The van der Waals surface area contributed by atoms with Crippen molar-refractivity contribution >= 4 is 41.7 Å². The maximum atomic E-state index is 5.50. The van der Waals surface area contributed by atoms with Gasteiger partial charge in [0.05, 0.1) is 14.2 Å². The molecule has 1 aliphatic carbocycles. The number of ether oxygens (including phenoxy) is 2. The molecule has 0 spiro atoms. The summed E-state index contributed by atoms with van der Waals surface area (Å²) in [6.07, 6.45) is 5.24. The number of halogens is 1. The van der Waals surface area contributed by atoms with E-state index < -0.39 is 0 Å². The monoisotopic (exact) mass is 534 g/mol. The molecule has 0 radical (unpaired) electrons. The molecule has 3 rings (SSSR count). The minimum atomic E-state index is 0. The Morgan fingerprint density at radius 1 is 1.14 bits per heavy atom. The molecule has 29 heavy (non-hydrogen) atoms. The summed E-state index contributed by atoms with van der Waals surface area (Å²) in [5.41, 5.74) is 1.37. The van der Waals surface area contributed by atoms with E-state index in [0.717, 1.165) is 29.6 Å². The number of aliphatic imine (C=N–C) groups is 1. The first kappa shape index (κ1) is 24.4. The Labute approximate surface area is 196 Å². The predicted molar refractivity (Wildman–Crippen MR) is 133 cm³/mol. The van der Waals surface area contributed by atoms with Crippen LogP contribution in [0.2, 0.25) is 0 Å². The number of benzene rings is 1. The molecule has 1 saturated carbocycles. The fourth-order valence-corrected chi connectivity index (χ4v) is 5.22. The fraction of sp³-hybridized carbons (Fsp3) is 0.667. The molecule has 2 fully saturated rings. The topological polar surface area (TPSA) is 58.1 Å². The van der Waals surface area contributed by atoms with E-state index in [-0.39, 0.29) is 29.5 Å². The van der Waals surface area contributed by atoms with Gasteiger partial charge in [-0.05, 0) is 25.0 Å². The van der Waals surface area contributed by atoms with Crippen LogP contribution in [0.15, 0.2) is 23.2 Å². The normalized spacial score (nSPS) is 19.3. The molecule has 2 N–H and O–H groups in total. The number of methoxy groups -OCH3 is 2. The third kappa shape index (κ3) is 6.30. The van der Waals surface area contributed by atoms with E-state index in [4.69, 9.17) is 9.47 Å². The van der Waals surface area contributed by atoms with Gasteiger partial charge in [0.2, 0.25) is 0 Å². The van der Waals surface area contributed by atoms with Crippen LogP contribution < -0.4 is 20.1 Å². The zero-order chi connectivity index (χ0) is 19.8. The summed E-state index contributed by atoms with van der Waals surface area (Å²) in [4.78, 5) is 7.16. The van der Waals surface area contributed by atoms with Gasteiger partial charge in [-0.1, -0.05) is 12.8 Å². The van der Waals surface area contributed by atoms with Gasteiger partial charge in [-0.3, -0.25) is 9.89 Å². The first-order valence-corrected chi connectivity index (χ1v) is 11.3. The van der Waals surface area contributed by atoms with Crippen LogP contribution in [0, 0.1) is 0 Å². The zero-order valence-electron chi connectivity index (χ0n) is 17.8. The van der Waals surface area contributed by atoms with Crippen LogP contribution in [-0.4, -0.2) is 68.8 Å². The van der Waals surface area contributed by atoms with Gasteiger partial charge in [-0.25, -0.2) is 0 Å². The van der Waals surface area contributed by atoms with Gasteiger partial charge in [0.15, 0.2) is 5.96 Å². The molecule has 6 nitrogen and oxygen atoms in total. The summed E-state index contributed by atoms with van der Waals surface area (Å²) in [7, 11) is 5.18. The highest BCUT2D eigenvalue weighted by Crippen LogP contribution is 2.36. The summed E-state index contributed by atoms with van der Waals surface area (Å²) < 4.78 is 10.8. The first-order valence-electron chi connectivity index (χ1n) is 10.2. The van der Waals surface area contributed by atoms with Gasteiger partial charge in [-0.15, -0.1) is 24.0 Å². The Kier molecular flexibility index (Phi) is 10.2. The smallest absolute Gasteiger partial charge is 0.191 e. The van der Waals surface area contributed by atoms with Crippen molar-refractivity contribution in [3.63, 3.8) is 0 Å². The Bertz CT molecular complexity index is 662. The van der Waals surface area contributed by atoms with Gasteiger partial charge in [0.1, 0.15) is 11.5 Å². The number of hydrogen-bond donors (Lipinski definition) is 2. The van der Waals surface area contributed by atoms with Crippen molar-refractivity contribution in [2.75, 3.05) is 52.4 Å². The lowest BCUT2D eigenvalue weighted by molar-refractivity contribution is 0.107. The first-order chi connectivity index (χ1) is 13.7. The molecule has 0 aromatic heterocycles. The number of nitrogens with zero attached hydrogens (tertiary/aromatic N) is 2. The van der Waals surface area contributed by atoms with E-state index in [2.05, 4.69) is 32.3 Å². The van der Waals surface area contributed by atoms with E-state index in [0.29, 0.717) is 6.54 Å². The molecular weight excluding hydrogens is 499 g/mol. The van der Waals surface area contributed by atoms with Crippen molar-refractivity contribution < 1.29 is 9.47 Å². The van der Waals surface area contributed by atoms with Crippen molar-refractivity contribution in [3.8, 4) is 11.5 Å². The average Bonchev–Trinajstić information content (AvgIpc) is 3.24. The molecule has 0 unspecified atom stereocenters. The van der Waals surface area contributed by atoms with Crippen molar-refractivity contribution in [1.82, 2.24) is 15.5 Å². The molecule has 0 amide bonds. The highest BCUT2D eigenvalue weighted by Gasteiger charge is 2.39. The molecule has 1 aromatic carbocycles. The fourth-order valence-electron chi connectivity index (χ4n) is 4.32. The molecule has 1 aliphatic heterocycles. The predicted octanol–water partition coefficient (Wildman–Crippen LogP) is 3.35. The van der Waals surface area contributed by atoms with E-state index in [1.807, 2.05) is 25.2 Å². The van der Waals surface area contributed by atoms with Crippen LogP contribution in [-0.2, 0) is 6.54 Å². The van der Waals surface area contributed by atoms with Crippen LogP contribution in [0.25, 0.3) is 0 Å². The zero-order valence-corrected chi connectivity index (χ0v) is 21.0. The number of thioether (sulfide) groups is 1. The van der Waals surface area contributed by atoms with Gasteiger partial charge < -0.3 is 20.1 Å². The number of nitrogens with one attached hydrogen (secondary N) is 2. The van der Waals surface area contributed by atoms with Crippen molar-refractivity contribution in [2.45, 2.75) is 37.8 Å². The lowest BCUT2D eigenvalue weighted by Gasteiger charge is -2.43. The minimum absolute atomic E-state index is 0. The average molecular weight is 535 g/mol. The Morgan fingerprint density at radius 3 is 2.48 bits per heavy atom. The SMILES string of the molecule is CN=C(NCc1ccc(OC)cc1OC)NCC1(N2CCSCC2)CCCC1.I. The quantitative estimate of drug-likeness (QED) is 0.318. The number of guanidine groups is 1. The molecule has 1 heterocycles. The van der Waals surface area contributed by atoms with E-state index in [9.17, 15) is 0 Å². The molecule has 2 aliphatic rings.